The molecule has 6 nitrogen and oxygen atoms in total. The van der Waals surface area contributed by atoms with Gasteiger partial charge in [-0.25, -0.2) is 0 Å². The maximum absolute atomic E-state index is 9.89. The van der Waals surface area contributed by atoms with Gasteiger partial charge < -0.3 is 24.8 Å². The molecule has 0 unspecified atom stereocenters. The second kappa shape index (κ2) is 9.52. The van der Waals surface area contributed by atoms with Gasteiger partial charge in [-0.1, -0.05) is 18.9 Å². The molecule has 0 spiro atoms. The SMILES string of the molecule is CCNC(=NCC1(c2ccc3c(c2)OCCO3)CCCC1)N1CC[C@@H](O)C1.I. The first-order valence-corrected chi connectivity index (χ1v) is 10.3. The van der Waals surface area contributed by atoms with Crippen molar-refractivity contribution in [3.63, 3.8) is 0 Å². The molecular formula is C21H32IN3O3. The molecule has 3 aliphatic rings. The van der Waals surface area contributed by atoms with Crippen molar-refractivity contribution in [3.8, 4) is 11.5 Å². The second-order valence-corrected chi connectivity index (χ2v) is 7.90. The number of halogens is 1. The number of benzene rings is 1. The molecule has 1 atom stereocenters. The Hall–Kier alpha value is -1.22. The minimum absolute atomic E-state index is 0. The second-order valence-electron chi connectivity index (χ2n) is 7.90. The van der Waals surface area contributed by atoms with E-state index in [1.807, 2.05) is 0 Å². The predicted molar refractivity (Wildman–Crippen MR) is 121 cm³/mol. The molecule has 1 saturated heterocycles. The first-order valence-electron chi connectivity index (χ1n) is 10.3. The number of rotatable bonds is 4. The van der Waals surface area contributed by atoms with Crippen molar-refractivity contribution in [2.24, 2.45) is 4.99 Å². The van der Waals surface area contributed by atoms with E-state index in [1.165, 1.54) is 18.4 Å². The number of ether oxygens (including phenoxy) is 2. The van der Waals surface area contributed by atoms with Crippen LogP contribution in [0.2, 0.25) is 0 Å². The number of aliphatic imine (C=N–C) groups is 1. The summed E-state index contributed by atoms with van der Waals surface area (Å²) in [4.78, 5) is 7.20. The summed E-state index contributed by atoms with van der Waals surface area (Å²) in [5.74, 6) is 2.64. The maximum atomic E-state index is 9.89. The standard InChI is InChI=1S/C21H31N3O3.HI/c1-2-22-20(24-10-7-17(25)14-24)23-15-21(8-3-4-9-21)16-5-6-18-19(13-16)27-12-11-26-18;/h5-6,13,17,25H,2-4,7-12,14-15H2,1H3,(H,22,23);1H/t17-;/m1./s1. The van der Waals surface area contributed by atoms with Crippen molar-refractivity contribution < 1.29 is 14.6 Å². The van der Waals surface area contributed by atoms with Gasteiger partial charge >= 0.3 is 0 Å². The van der Waals surface area contributed by atoms with Gasteiger partial charge in [0.05, 0.1) is 12.6 Å². The van der Waals surface area contributed by atoms with Gasteiger partial charge in [0.2, 0.25) is 0 Å². The van der Waals surface area contributed by atoms with E-state index < -0.39 is 0 Å². The fraction of sp³-hybridized carbons (Fsp3) is 0.667. The molecule has 28 heavy (non-hydrogen) atoms. The topological polar surface area (TPSA) is 66.3 Å². The first-order chi connectivity index (χ1) is 13.2. The van der Waals surface area contributed by atoms with Crippen LogP contribution in [-0.4, -0.2) is 61.5 Å². The molecule has 1 saturated carbocycles. The molecule has 2 aliphatic heterocycles. The van der Waals surface area contributed by atoms with Crippen LogP contribution in [0.15, 0.2) is 23.2 Å². The van der Waals surface area contributed by atoms with Crippen LogP contribution < -0.4 is 14.8 Å². The molecule has 2 fully saturated rings. The largest absolute Gasteiger partial charge is 0.486 e. The summed E-state index contributed by atoms with van der Waals surface area (Å²) < 4.78 is 11.5. The predicted octanol–water partition coefficient (Wildman–Crippen LogP) is 2.92. The van der Waals surface area contributed by atoms with Crippen LogP contribution >= 0.6 is 24.0 Å². The zero-order chi connectivity index (χ0) is 18.7. The van der Waals surface area contributed by atoms with Crippen LogP contribution in [0.1, 0.15) is 44.6 Å². The van der Waals surface area contributed by atoms with Crippen LogP contribution in [0.25, 0.3) is 0 Å². The number of likely N-dealkylation sites (tertiary alicyclic amines) is 1. The lowest BCUT2D eigenvalue weighted by Crippen LogP contribution is -2.41. The third-order valence-electron chi connectivity index (χ3n) is 6.04. The fourth-order valence-corrected chi connectivity index (χ4v) is 4.55. The Morgan fingerprint density at radius 1 is 1.25 bits per heavy atom. The Morgan fingerprint density at radius 3 is 2.68 bits per heavy atom. The monoisotopic (exact) mass is 501 g/mol. The van der Waals surface area contributed by atoms with Crippen LogP contribution in [0, 0.1) is 0 Å². The third-order valence-corrected chi connectivity index (χ3v) is 6.04. The van der Waals surface area contributed by atoms with Crippen molar-refractivity contribution in [1.29, 1.82) is 0 Å². The van der Waals surface area contributed by atoms with Gasteiger partial charge in [0.15, 0.2) is 17.5 Å². The van der Waals surface area contributed by atoms with Crippen LogP contribution in [0.4, 0.5) is 0 Å². The molecule has 2 N–H and O–H groups in total. The molecule has 1 aromatic rings. The Bertz CT molecular complexity index is 691. The molecule has 1 aliphatic carbocycles. The van der Waals surface area contributed by atoms with Gasteiger partial charge in [0.1, 0.15) is 13.2 Å². The van der Waals surface area contributed by atoms with E-state index in [9.17, 15) is 5.11 Å². The molecule has 0 bridgehead atoms. The summed E-state index contributed by atoms with van der Waals surface area (Å²) in [6.45, 7) is 6.46. The number of hydrogen-bond donors (Lipinski definition) is 2. The van der Waals surface area contributed by atoms with Gasteiger partial charge in [-0.3, -0.25) is 4.99 Å². The number of fused-ring (bicyclic) bond motifs is 1. The smallest absolute Gasteiger partial charge is 0.194 e. The molecule has 7 heteroatoms. The quantitative estimate of drug-likeness (QED) is 0.378. The molecule has 2 heterocycles. The highest BCUT2D eigenvalue weighted by Crippen LogP contribution is 2.44. The summed E-state index contributed by atoms with van der Waals surface area (Å²) >= 11 is 0. The van der Waals surface area contributed by atoms with Crippen molar-refractivity contribution >= 4 is 29.9 Å². The van der Waals surface area contributed by atoms with E-state index in [2.05, 4.69) is 35.3 Å². The van der Waals surface area contributed by atoms with Gasteiger partial charge in [0.25, 0.3) is 0 Å². The highest BCUT2D eigenvalue weighted by Gasteiger charge is 2.37. The highest BCUT2D eigenvalue weighted by molar-refractivity contribution is 14.0. The number of nitrogens with zero attached hydrogens (tertiary/aromatic N) is 2. The van der Waals surface area contributed by atoms with Gasteiger partial charge in [-0.2, -0.15) is 0 Å². The lowest BCUT2D eigenvalue weighted by atomic mass is 9.79. The Morgan fingerprint density at radius 2 is 2.00 bits per heavy atom. The molecule has 0 amide bonds. The highest BCUT2D eigenvalue weighted by atomic mass is 127. The number of guanidine groups is 1. The summed E-state index contributed by atoms with van der Waals surface area (Å²) in [5.41, 5.74) is 1.37. The summed E-state index contributed by atoms with van der Waals surface area (Å²) in [7, 11) is 0. The number of aliphatic hydroxyl groups is 1. The average Bonchev–Trinajstić information content (AvgIpc) is 3.35. The van der Waals surface area contributed by atoms with E-state index in [-0.39, 0.29) is 35.5 Å². The molecule has 0 aromatic heterocycles. The Kier molecular flexibility index (Phi) is 7.31. The van der Waals surface area contributed by atoms with E-state index >= 15 is 0 Å². The zero-order valence-corrected chi connectivity index (χ0v) is 19.0. The van der Waals surface area contributed by atoms with E-state index in [4.69, 9.17) is 14.5 Å². The van der Waals surface area contributed by atoms with E-state index in [1.54, 1.807) is 0 Å². The van der Waals surface area contributed by atoms with Crippen LogP contribution in [0.5, 0.6) is 11.5 Å². The van der Waals surface area contributed by atoms with Crippen LogP contribution in [-0.2, 0) is 5.41 Å². The summed E-state index contributed by atoms with van der Waals surface area (Å²) in [6.07, 6.45) is 5.35. The lowest BCUT2D eigenvalue weighted by Gasteiger charge is -2.31. The molecule has 4 rings (SSSR count). The van der Waals surface area contributed by atoms with Gasteiger partial charge in [-0.15, -0.1) is 24.0 Å². The first kappa shape index (κ1) is 21.5. The summed E-state index contributed by atoms with van der Waals surface area (Å²) in [5, 5.41) is 13.3. The van der Waals surface area contributed by atoms with E-state index in [0.717, 1.165) is 56.4 Å². The zero-order valence-electron chi connectivity index (χ0n) is 16.7. The molecule has 156 valence electrons. The number of aliphatic hydroxyl groups excluding tert-OH is 1. The third kappa shape index (κ3) is 4.50. The molecule has 0 radical (unpaired) electrons. The maximum Gasteiger partial charge on any atom is 0.194 e. The number of nitrogens with one attached hydrogen (secondary N) is 1. The Labute approximate surface area is 184 Å². The summed E-state index contributed by atoms with van der Waals surface area (Å²) in [6, 6.07) is 6.42. The molecular weight excluding hydrogens is 469 g/mol. The van der Waals surface area contributed by atoms with Gasteiger partial charge in [-0.05, 0) is 43.9 Å². The average molecular weight is 501 g/mol. The van der Waals surface area contributed by atoms with Crippen molar-refractivity contribution in [2.75, 3.05) is 39.4 Å². The van der Waals surface area contributed by atoms with Crippen molar-refractivity contribution in [3.05, 3.63) is 23.8 Å². The fourth-order valence-electron chi connectivity index (χ4n) is 4.55. The van der Waals surface area contributed by atoms with Crippen molar-refractivity contribution in [2.45, 2.75) is 50.5 Å². The minimum atomic E-state index is -0.243. The molecule has 1 aromatic carbocycles. The van der Waals surface area contributed by atoms with Crippen LogP contribution in [0.3, 0.4) is 0 Å². The minimum Gasteiger partial charge on any atom is -0.486 e. The normalized spacial score (nSPS) is 23.4. The Balaban J connectivity index is 0.00000225. The van der Waals surface area contributed by atoms with Crippen molar-refractivity contribution in [1.82, 2.24) is 10.2 Å². The number of β-amino-alcohol motifs (C(OH)–C–C–N with tert-alkyl or cyclic N) is 1. The lowest BCUT2D eigenvalue weighted by molar-refractivity contribution is 0.171. The number of hydrogen-bond acceptors (Lipinski definition) is 4. The van der Waals surface area contributed by atoms with E-state index in [0.29, 0.717) is 19.8 Å². The van der Waals surface area contributed by atoms with Gasteiger partial charge in [0, 0.05) is 25.0 Å².